The Labute approximate surface area is 91.8 Å². The van der Waals surface area contributed by atoms with E-state index in [0.717, 1.165) is 12.1 Å². The molecule has 16 heavy (non-hydrogen) atoms. The number of hydrogen-bond acceptors (Lipinski definition) is 2. The van der Waals surface area contributed by atoms with Gasteiger partial charge in [0.05, 0.1) is 11.6 Å². The molecule has 0 aliphatic carbocycles. The Hall–Kier alpha value is -1.49. The van der Waals surface area contributed by atoms with Crippen LogP contribution < -0.4 is 10.6 Å². The zero-order valence-electron chi connectivity index (χ0n) is 8.81. The fourth-order valence-corrected chi connectivity index (χ4v) is 1.45. The van der Waals surface area contributed by atoms with Crippen LogP contribution in [0.25, 0.3) is 0 Å². The number of hydrogen-bond donors (Lipinski definition) is 2. The monoisotopic (exact) mass is 226 g/mol. The van der Waals surface area contributed by atoms with Crippen molar-refractivity contribution < 1.29 is 13.6 Å². The quantitative estimate of drug-likeness (QED) is 0.801. The standard InChI is InChI=1S/C11H12F2N2O/c1-6-2-9(13)10(3-8(6)12)15-11(16)7-4-14-5-7/h2-3,7,14H,4-5H2,1H3,(H,15,16). The molecule has 0 bridgehead atoms. The van der Waals surface area contributed by atoms with Crippen molar-refractivity contribution in [1.82, 2.24) is 5.32 Å². The molecule has 1 saturated heterocycles. The number of carbonyl (C=O) groups is 1. The van der Waals surface area contributed by atoms with Crippen molar-refractivity contribution in [2.45, 2.75) is 6.92 Å². The highest BCUT2D eigenvalue weighted by atomic mass is 19.1. The molecule has 2 rings (SSSR count). The second-order valence-electron chi connectivity index (χ2n) is 3.93. The highest BCUT2D eigenvalue weighted by Crippen LogP contribution is 2.19. The van der Waals surface area contributed by atoms with Crippen LogP contribution >= 0.6 is 0 Å². The number of benzene rings is 1. The number of halogens is 2. The number of carbonyl (C=O) groups excluding carboxylic acids is 1. The number of nitrogens with one attached hydrogen (secondary N) is 2. The number of aryl methyl sites for hydroxylation is 1. The molecular weight excluding hydrogens is 214 g/mol. The Morgan fingerprint density at radius 3 is 2.62 bits per heavy atom. The number of rotatable bonds is 2. The van der Waals surface area contributed by atoms with Gasteiger partial charge in [-0.1, -0.05) is 0 Å². The van der Waals surface area contributed by atoms with E-state index >= 15 is 0 Å². The third-order valence-electron chi connectivity index (χ3n) is 2.66. The van der Waals surface area contributed by atoms with E-state index in [0.29, 0.717) is 13.1 Å². The summed E-state index contributed by atoms with van der Waals surface area (Å²) in [5.74, 6) is -1.56. The Morgan fingerprint density at radius 1 is 1.38 bits per heavy atom. The average Bonchev–Trinajstić information content (AvgIpc) is 2.11. The molecule has 3 nitrogen and oxygen atoms in total. The smallest absolute Gasteiger partial charge is 0.230 e. The largest absolute Gasteiger partial charge is 0.323 e. The number of anilines is 1. The lowest BCUT2D eigenvalue weighted by molar-refractivity contribution is -0.121. The normalized spacial score (nSPS) is 15.7. The van der Waals surface area contributed by atoms with E-state index in [1.165, 1.54) is 6.92 Å². The molecule has 0 aromatic heterocycles. The van der Waals surface area contributed by atoms with Crippen molar-refractivity contribution in [3.63, 3.8) is 0 Å². The van der Waals surface area contributed by atoms with E-state index < -0.39 is 11.6 Å². The van der Waals surface area contributed by atoms with Gasteiger partial charge in [-0.05, 0) is 18.6 Å². The van der Waals surface area contributed by atoms with Crippen LogP contribution in [0.15, 0.2) is 12.1 Å². The van der Waals surface area contributed by atoms with Crippen LogP contribution in [-0.4, -0.2) is 19.0 Å². The second kappa shape index (κ2) is 4.17. The van der Waals surface area contributed by atoms with Gasteiger partial charge in [-0.25, -0.2) is 8.78 Å². The molecule has 1 aliphatic heterocycles. The predicted octanol–water partition coefficient (Wildman–Crippen LogP) is 1.43. The average molecular weight is 226 g/mol. The molecule has 1 heterocycles. The summed E-state index contributed by atoms with van der Waals surface area (Å²) in [7, 11) is 0. The Bertz CT molecular complexity index is 430. The van der Waals surface area contributed by atoms with Crippen LogP contribution in [0.3, 0.4) is 0 Å². The summed E-state index contributed by atoms with van der Waals surface area (Å²) in [6.07, 6.45) is 0. The molecule has 0 atom stereocenters. The van der Waals surface area contributed by atoms with Gasteiger partial charge in [0.2, 0.25) is 5.91 Å². The summed E-state index contributed by atoms with van der Waals surface area (Å²) < 4.78 is 26.6. The van der Waals surface area contributed by atoms with Crippen molar-refractivity contribution in [3.8, 4) is 0 Å². The van der Waals surface area contributed by atoms with Crippen molar-refractivity contribution in [2.75, 3.05) is 18.4 Å². The zero-order valence-corrected chi connectivity index (χ0v) is 8.81. The third-order valence-corrected chi connectivity index (χ3v) is 2.66. The molecule has 1 aromatic rings. The maximum absolute atomic E-state index is 13.4. The molecule has 1 aromatic carbocycles. The van der Waals surface area contributed by atoms with E-state index in [1.807, 2.05) is 0 Å². The van der Waals surface area contributed by atoms with Crippen molar-refractivity contribution in [3.05, 3.63) is 29.3 Å². The van der Waals surface area contributed by atoms with Gasteiger partial charge in [0.15, 0.2) is 0 Å². The van der Waals surface area contributed by atoms with E-state index in [4.69, 9.17) is 0 Å². The lowest BCUT2D eigenvalue weighted by Gasteiger charge is -2.25. The highest BCUT2D eigenvalue weighted by molar-refractivity contribution is 5.93. The minimum absolute atomic E-state index is 0.0972. The molecule has 0 radical (unpaired) electrons. The topological polar surface area (TPSA) is 41.1 Å². The second-order valence-corrected chi connectivity index (χ2v) is 3.93. The first-order valence-corrected chi connectivity index (χ1v) is 5.05. The molecule has 5 heteroatoms. The molecule has 1 fully saturated rings. The zero-order chi connectivity index (χ0) is 11.7. The molecular formula is C11H12F2N2O. The van der Waals surface area contributed by atoms with Crippen LogP contribution in [0, 0.1) is 24.5 Å². The molecule has 0 saturated carbocycles. The fourth-order valence-electron chi connectivity index (χ4n) is 1.45. The van der Waals surface area contributed by atoms with Crippen LogP contribution in [-0.2, 0) is 4.79 Å². The van der Waals surface area contributed by atoms with Crippen LogP contribution in [0.4, 0.5) is 14.5 Å². The maximum atomic E-state index is 13.4. The Balaban J connectivity index is 2.14. The van der Waals surface area contributed by atoms with Gasteiger partial charge in [-0.2, -0.15) is 0 Å². The lowest BCUT2D eigenvalue weighted by Crippen LogP contribution is -2.48. The minimum Gasteiger partial charge on any atom is -0.323 e. The molecule has 1 aliphatic rings. The number of amides is 1. The Kier molecular flexibility index (Phi) is 2.87. The molecule has 2 N–H and O–H groups in total. The van der Waals surface area contributed by atoms with Gasteiger partial charge in [-0.3, -0.25) is 4.79 Å². The summed E-state index contributed by atoms with van der Waals surface area (Å²) >= 11 is 0. The molecule has 0 spiro atoms. The van der Waals surface area contributed by atoms with Gasteiger partial charge in [-0.15, -0.1) is 0 Å². The summed E-state index contributed by atoms with van der Waals surface area (Å²) in [5.41, 5.74) is 0.126. The van der Waals surface area contributed by atoms with Crippen molar-refractivity contribution >= 4 is 11.6 Å². The first-order valence-electron chi connectivity index (χ1n) is 5.05. The van der Waals surface area contributed by atoms with Gasteiger partial charge >= 0.3 is 0 Å². The summed E-state index contributed by atoms with van der Waals surface area (Å²) in [6.45, 7) is 2.64. The van der Waals surface area contributed by atoms with Gasteiger partial charge in [0.1, 0.15) is 11.6 Å². The summed E-state index contributed by atoms with van der Waals surface area (Å²) in [6, 6.07) is 2.08. The SMILES string of the molecule is Cc1cc(F)c(NC(=O)C2CNC2)cc1F. The molecule has 86 valence electrons. The lowest BCUT2D eigenvalue weighted by atomic mass is 10.0. The highest BCUT2D eigenvalue weighted by Gasteiger charge is 2.25. The molecule has 1 amide bonds. The first-order chi connectivity index (χ1) is 7.58. The first kappa shape index (κ1) is 11.0. The van der Waals surface area contributed by atoms with Gasteiger partial charge < -0.3 is 10.6 Å². The van der Waals surface area contributed by atoms with Crippen LogP contribution in [0.1, 0.15) is 5.56 Å². The third kappa shape index (κ3) is 2.04. The van der Waals surface area contributed by atoms with E-state index in [1.54, 1.807) is 0 Å². The van der Waals surface area contributed by atoms with Crippen LogP contribution in [0.5, 0.6) is 0 Å². The van der Waals surface area contributed by atoms with Crippen molar-refractivity contribution in [1.29, 1.82) is 0 Å². The maximum Gasteiger partial charge on any atom is 0.230 e. The van der Waals surface area contributed by atoms with E-state index in [2.05, 4.69) is 10.6 Å². The van der Waals surface area contributed by atoms with Gasteiger partial charge in [0, 0.05) is 19.2 Å². The predicted molar refractivity (Wildman–Crippen MR) is 56.1 cm³/mol. The fraction of sp³-hybridized carbons (Fsp3) is 0.364. The van der Waals surface area contributed by atoms with E-state index in [-0.39, 0.29) is 23.1 Å². The van der Waals surface area contributed by atoms with E-state index in [9.17, 15) is 13.6 Å². The summed E-state index contributed by atoms with van der Waals surface area (Å²) in [4.78, 5) is 11.5. The van der Waals surface area contributed by atoms with Gasteiger partial charge in [0.25, 0.3) is 0 Å². The molecule has 0 unspecified atom stereocenters. The minimum atomic E-state index is -0.612. The summed E-state index contributed by atoms with van der Waals surface area (Å²) in [5, 5.41) is 5.32. The van der Waals surface area contributed by atoms with Crippen LogP contribution in [0.2, 0.25) is 0 Å². The Morgan fingerprint density at radius 2 is 2.06 bits per heavy atom. The van der Waals surface area contributed by atoms with Crippen molar-refractivity contribution in [2.24, 2.45) is 5.92 Å².